The van der Waals surface area contributed by atoms with Crippen LogP contribution in [0.25, 0.3) is 0 Å². The van der Waals surface area contributed by atoms with Gasteiger partial charge in [0.15, 0.2) is 0 Å². The number of imidazole rings is 1. The van der Waals surface area contributed by atoms with Gasteiger partial charge in [0.05, 0.1) is 6.54 Å². The molecule has 4 heteroatoms. The SMILES string of the molecule is CC(C)CNCc1nccn1CCC1CCCCN1C. The fraction of sp³-hybridized carbons (Fsp3) is 0.812. The first-order chi connectivity index (χ1) is 9.66. The monoisotopic (exact) mass is 278 g/mol. The molecular weight excluding hydrogens is 248 g/mol. The molecule has 0 saturated carbocycles. The fourth-order valence-electron chi connectivity index (χ4n) is 2.98. The van der Waals surface area contributed by atoms with Gasteiger partial charge in [0.2, 0.25) is 0 Å². The zero-order chi connectivity index (χ0) is 14.4. The van der Waals surface area contributed by atoms with Crippen LogP contribution in [0.2, 0.25) is 0 Å². The van der Waals surface area contributed by atoms with E-state index in [2.05, 4.69) is 46.9 Å². The Bertz CT molecular complexity index is 386. The number of aromatic nitrogens is 2. The van der Waals surface area contributed by atoms with Crippen molar-refractivity contribution in [1.82, 2.24) is 19.8 Å². The van der Waals surface area contributed by atoms with Gasteiger partial charge < -0.3 is 14.8 Å². The molecule has 0 radical (unpaired) electrons. The molecule has 1 aromatic heterocycles. The molecule has 1 aromatic rings. The van der Waals surface area contributed by atoms with Crippen molar-refractivity contribution < 1.29 is 0 Å². The summed E-state index contributed by atoms with van der Waals surface area (Å²) in [5, 5.41) is 3.48. The Hall–Kier alpha value is -0.870. The van der Waals surface area contributed by atoms with Crippen LogP contribution >= 0.6 is 0 Å². The first-order valence-electron chi connectivity index (χ1n) is 8.07. The second kappa shape index (κ2) is 7.79. The summed E-state index contributed by atoms with van der Waals surface area (Å²) in [6.45, 7) is 8.76. The number of hydrogen-bond donors (Lipinski definition) is 1. The average Bonchev–Trinajstić information content (AvgIpc) is 2.85. The lowest BCUT2D eigenvalue weighted by Gasteiger charge is -2.32. The van der Waals surface area contributed by atoms with Crippen molar-refractivity contribution in [3.63, 3.8) is 0 Å². The lowest BCUT2D eigenvalue weighted by atomic mass is 10.0. The number of rotatable bonds is 7. The third-order valence-electron chi connectivity index (χ3n) is 4.26. The quantitative estimate of drug-likeness (QED) is 0.832. The molecule has 1 unspecified atom stereocenters. The van der Waals surface area contributed by atoms with Gasteiger partial charge in [-0.05, 0) is 45.3 Å². The third-order valence-corrected chi connectivity index (χ3v) is 4.26. The van der Waals surface area contributed by atoms with Crippen molar-refractivity contribution in [2.45, 2.75) is 58.7 Å². The second-order valence-corrected chi connectivity index (χ2v) is 6.48. The zero-order valence-electron chi connectivity index (χ0n) is 13.3. The van der Waals surface area contributed by atoms with E-state index in [1.54, 1.807) is 0 Å². The standard InChI is InChI=1S/C16H30N4/c1-14(2)12-17-13-16-18-8-11-20(16)10-7-15-6-4-5-9-19(15)3/h8,11,14-15,17H,4-7,9-10,12-13H2,1-3H3. The summed E-state index contributed by atoms with van der Waals surface area (Å²) in [6, 6.07) is 0.752. The van der Waals surface area contributed by atoms with Crippen molar-refractivity contribution in [1.29, 1.82) is 0 Å². The van der Waals surface area contributed by atoms with E-state index in [0.29, 0.717) is 5.92 Å². The number of likely N-dealkylation sites (tertiary alicyclic amines) is 1. The van der Waals surface area contributed by atoms with E-state index in [0.717, 1.165) is 25.7 Å². The first-order valence-corrected chi connectivity index (χ1v) is 8.07. The van der Waals surface area contributed by atoms with E-state index in [-0.39, 0.29) is 0 Å². The predicted octanol–water partition coefficient (Wildman–Crippen LogP) is 2.50. The van der Waals surface area contributed by atoms with Crippen LogP contribution in [-0.2, 0) is 13.1 Å². The molecule has 4 nitrogen and oxygen atoms in total. The number of aryl methyl sites for hydroxylation is 1. The molecule has 1 aliphatic heterocycles. The van der Waals surface area contributed by atoms with E-state index in [1.807, 2.05) is 6.20 Å². The lowest BCUT2D eigenvalue weighted by molar-refractivity contribution is 0.170. The third kappa shape index (κ3) is 4.60. The minimum absolute atomic E-state index is 0.689. The van der Waals surface area contributed by atoms with Crippen LogP contribution < -0.4 is 5.32 Å². The molecule has 1 fully saturated rings. The molecule has 20 heavy (non-hydrogen) atoms. The van der Waals surface area contributed by atoms with Crippen LogP contribution in [0.3, 0.4) is 0 Å². The van der Waals surface area contributed by atoms with E-state index in [4.69, 9.17) is 0 Å². The highest BCUT2D eigenvalue weighted by Crippen LogP contribution is 2.18. The van der Waals surface area contributed by atoms with Crippen molar-refractivity contribution in [2.75, 3.05) is 20.1 Å². The highest BCUT2D eigenvalue weighted by atomic mass is 15.1. The largest absolute Gasteiger partial charge is 0.334 e. The van der Waals surface area contributed by atoms with Crippen LogP contribution in [0.4, 0.5) is 0 Å². The highest BCUT2D eigenvalue weighted by Gasteiger charge is 2.18. The normalized spacial score (nSPS) is 20.7. The summed E-state index contributed by atoms with van der Waals surface area (Å²) < 4.78 is 2.32. The Morgan fingerprint density at radius 1 is 1.40 bits per heavy atom. The molecule has 2 heterocycles. The van der Waals surface area contributed by atoms with Gasteiger partial charge in [-0.3, -0.25) is 0 Å². The molecule has 1 aliphatic rings. The molecule has 0 bridgehead atoms. The van der Waals surface area contributed by atoms with E-state index < -0.39 is 0 Å². The molecular formula is C16H30N4. The Morgan fingerprint density at radius 2 is 2.25 bits per heavy atom. The zero-order valence-corrected chi connectivity index (χ0v) is 13.3. The first kappa shape index (κ1) is 15.5. The summed E-state index contributed by atoms with van der Waals surface area (Å²) in [5.41, 5.74) is 0. The maximum atomic E-state index is 4.48. The lowest BCUT2D eigenvalue weighted by Crippen LogP contribution is -2.36. The fourth-order valence-corrected chi connectivity index (χ4v) is 2.98. The highest BCUT2D eigenvalue weighted by molar-refractivity contribution is 4.92. The van der Waals surface area contributed by atoms with Gasteiger partial charge in [0.1, 0.15) is 5.82 Å². The maximum absolute atomic E-state index is 4.48. The maximum Gasteiger partial charge on any atom is 0.122 e. The number of piperidine rings is 1. The van der Waals surface area contributed by atoms with Gasteiger partial charge in [-0.15, -0.1) is 0 Å². The molecule has 0 amide bonds. The second-order valence-electron chi connectivity index (χ2n) is 6.48. The van der Waals surface area contributed by atoms with Gasteiger partial charge in [-0.1, -0.05) is 20.3 Å². The van der Waals surface area contributed by atoms with Crippen LogP contribution in [0.5, 0.6) is 0 Å². The Balaban J connectivity index is 1.79. The molecule has 1 atom stereocenters. The number of nitrogens with one attached hydrogen (secondary N) is 1. The molecule has 1 N–H and O–H groups in total. The average molecular weight is 278 g/mol. The summed E-state index contributed by atoms with van der Waals surface area (Å²) in [4.78, 5) is 7.01. The number of hydrogen-bond acceptors (Lipinski definition) is 3. The Labute approximate surface area is 123 Å². The van der Waals surface area contributed by atoms with E-state index >= 15 is 0 Å². The molecule has 1 saturated heterocycles. The van der Waals surface area contributed by atoms with Gasteiger partial charge in [0.25, 0.3) is 0 Å². The smallest absolute Gasteiger partial charge is 0.122 e. The van der Waals surface area contributed by atoms with Gasteiger partial charge >= 0.3 is 0 Å². The molecule has 0 aromatic carbocycles. The molecule has 0 spiro atoms. The van der Waals surface area contributed by atoms with Gasteiger partial charge in [-0.25, -0.2) is 4.98 Å². The summed E-state index contributed by atoms with van der Waals surface area (Å²) in [6.07, 6.45) is 9.40. The molecule has 2 rings (SSSR count). The predicted molar refractivity (Wildman–Crippen MR) is 83.7 cm³/mol. The van der Waals surface area contributed by atoms with Gasteiger partial charge in [-0.2, -0.15) is 0 Å². The number of nitrogens with zero attached hydrogens (tertiary/aromatic N) is 3. The Morgan fingerprint density at radius 3 is 3.00 bits per heavy atom. The summed E-state index contributed by atoms with van der Waals surface area (Å²) in [7, 11) is 2.27. The molecule has 0 aliphatic carbocycles. The minimum atomic E-state index is 0.689. The summed E-state index contributed by atoms with van der Waals surface area (Å²) in [5.74, 6) is 1.86. The summed E-state index contributed by atoms with van der Waals surface area (Å²) >= 11 is 0. The van der Waals surface area contributed by atoms with Crippen molar-refractivity contribution in [3.8, 4) is 0 Å². The van der Waals surface area contributed by atoms with E-state index in [1.165, 1.54) is 38.1 Å². The van der Waals surface area contributed by atoms with Crippen LogP contribution in [-0.4, -0.2) is 40.6 Å². The molecule has 114 valence electrons. The van der Waals surface area contributed by atoms with Crippen LogP contribution in [0, 0.1) is 5.92 Å². The topological polar surface area (TPSA) is 33.1 Å². The van der Waals surface area contributed by atoms with Crippen molar-refractivity contribution in [3.05, 3.63) is 18.2 Å². The minimum Gasteiger partial charge on any atom is -0.334 e. The van der Waals surface area contributed by atoms with Crippen LogP contribution in [0.1, 0.15) is 45.4 Å². The van der Waals surface area contributed by atoms with Crippen molar-refractivity contribution in [2.24, 2.45) is 5.92 Å². The van der Waals surface area contributed by atoms with Crippen molar-refractivity contribution >= 4 is 0 Å². The Kier molecular flexibility index (Phi) is 6.05. The van der Waals surface area contributed by atoms with Crippen LogP contribution in [0.15, 0.2) is 12.4 Å². The van der Waals surface area contributed by atoms with Gasteiger partial charge in [0, 0.05) is 25.0 Å². The van der Waals surface area contributed by atoms with E-state index in [9.17, 15) is 0 Å².